The van der Waals surface area contributed by atoms with Crippen molar-refractivity contribution in [2.75, 3.05) is 13.7 Å². The first-order valence-corrected chi connectivity index (χ1v) is 12.6. The first-order valence-electron chi connectivity index (χ1n) is 12.6. The van der Waals surface area contributed by atoms with Gasteiger partial charge < -0.3 is 9.62 Å². The Kier molecular flexibility index (Phi) is 10.1. The number of hydrogen-bond acceptors (Lipinski definition) is 3. The number of ether oxygens (including phenoxy) is 1. The zero-order valence-electron chi connectivity index (χ0n) is 20.8. The van der Waals surface area contributed by atoms with Crippen molar-refractivity contribution < 1.29 is 27.7 Å². The van der Waals surface area contributed by atoms with Gasteiger partial charge >= 0.3 is 6.18 Å². The van der Waals surface area contributed by atoms with Crippen LogP contribution in [0.2, 0.25) is 0 Å². The molecule has 1 saturated carbocycles. The Labute approximate surface area is 207 Å². The normalized spacial score (nSPS) is 18.3. The van der Waals surface area contributed by atoms with Crippen LogP contribution < -0.4 is 9.62 Å². The van der Waals surface area contributed by atoms with Crippen molar-refractivity contribution in [1.29, 1.82) is 0 Å². The average Bonchev–Trinajstić information content (AvgIpc) is 2.82. The maximum absolute atomic E-state index is 12.3. The second kappa shape index (κ2) is 13.0. The number of halogens is 3. The molecule has 0 atom stereocenters. The third-order valence-electron chi connectivity index (χ3n) is 6.85. The lowest BCUT2D eigenvalue weighted by Gasteiger charge is -2.29. The monoisotopic (exact) mass is 490 g/mol. The van der Waals surface area contributed by atoms with Crippen LogP contribution in [0.3, 0.4) is 0 Å². The summed E-state index contributed by atoms with van der Waals surface area (Å²) < 4.78 is 42.9. The van der Waals surface area contributed by atoms with Gasteiger partial charge in [0.2, 0.25) is 0 Å². The summed E-state index contributed by atoms with van der Waals surface area (Å²) in [4.78, 5) is 10.1. The smallest absolute Gasteiger partial charge is 0.389 e. The summed E-state index contributed by atoms with van der Waals surface area (Å²) in [5.41, 5.74) is 4.64. The number of hydrogen-bond donors (Lipinski definition) is 0. The molecule has 0 aromatic heterocycles. The van der Waals surface area contributed by atoms with Crippen molar-refractivity contribution in [2.45, 2.75) is 76.8 Å². The molecule has 1 fully saturated rings. The van der Waals surface area contributed by atoms with E-state index in [1.54, 1.807) is 6.07 Å². The van der Waals surface area contributed by atoms with Gasteiger partial charge in [-0.3, -0.25) is 0 Å². The first-order chi connectivity index (χ1) is 16.8. The molecule has 2 aromatic carbocycles. The SMILES string of the molecule is C=CCCOc1cc(OOC)cc(-c2ccc(C3CCC(CCCCC(F)(F)F)CC3)cc2C)c1. The van der Waals surface area contributed by atoms with Crippen molar-refractivity contribution >= 4 is 0 Å². The second-order valence-corrected chi connectivity index (χ2v) is 9.52. The first kappa shape index (κ1) is 27.1. The predicted octanol–water partition coefficient (Wildman–Crippen LogP) is 8.95. The molecule has 0 amide bonds. The lowest BCUT2D eigenvalue weighted by molar-refractivity contribution is -0.178. The van der Waals surface area contributed by atoms with Gasteiger partial charge in [-0.25, -0.2) is 0 Å². The molecule has 0 N–H and O–H groups in total. The van der Waals surface area contributed by atoms with E-state index >= 15 is 0 Å². The molecule has 0 unspecified atom stereocenters. The largest absolute Gasteiger partial charge is 0.493 e. The van der Waals surface area contributed by atoms with Gasteiger partial charge in [0.15, 0.2) is 5.75 Å². The molecule has 3 rings (SSSR count). The van der Waals surface area contributed by atoms with E-state index in [1.807, 2.05) is 18.2 Å². The Hall–Kier alpha value is -2.47. The molecule has 3 nitrogen and oxygen atoms in total. The topological polar surface area (TPSA) is 27.7 Å². The third-order valence-corrected chi connectivity index (χ3v) is 6.85. The Morgan fingerprint density at radius 2 is 1.74 bits per heavy atom. The molecule has 1 aliphatic carbocycles. The minimum atomic E-state index is -4.03. The van der Waals surface area contributed by atoms with Crippen molar-refractivity contribution in [3.05, 3.63) is 60.2 Å². The van der Waals surface area contributed by atoms with Crippen LogP contribution in [0.5, 0.6) is 11.5 Å². The van der Waals surface area contributed by atoms with E-state index < -0.39 is 12.6 Å². The van der Waals surface area contributed by atoms with E-state index in [2.05, 4.69) is 31.7 Å². The molecule has 0 saturated heterocycles. The quantitative estimate of drug-likeness (QED) is 0.129. The average molecular weight is 491 g/mol. The van der Waals surface area contributed by atoms with Crippen molar-refractivity contribution in [3.8, 4) is 22.6 Å². The highest BCUT2D eigenvalue weighted by atomic mass is 19.4. The van der Waals surface area contributed by atoms with Gasteiger partial charge in [0.25, 0.3) is 0 Å². The summed E-state index contributed by atoms with van der Waals surface area (Å²) in [6.45, 7) is 6.39. The highest BCUT2D eigenvalue weighted by Crippen LogP contribution is 2.40. The van der Waals surface area contributed by atoms with E-state index in [1.165, 1.54) is 18.2 Å². The number of benzene rings is 2. The van der Waals surface area contributed by atoms with Crippen LogP contribution in [0.15, 0.2) is 49.1 Å². The maximum Gasteiger partial charge on any atom is 0.389 e. The fourth-order valence-corrected chi connectivity index (χ4v) is 5.02. The highest BCUT2D eigenvalue weighted by molar-refractivity contribution is 5.70. The summed E-state index contributed by atoms with van der Waals surface area (Å²) in [5.74, 6) is 2.36. The van der Waals surface area contributed by atoms with Crippen LogP contribution in [0.4, 0.5) is 13.2 Å². The summed E-state index contributed by atoms with van der Waals surface area (Å²) in [5, 5.41) is 0. The number of unbranched alkanes of at least 4 members (excludes halogenated alkanes) is 1. The molecule has 35 heavy (non-hydrogen) atoms. The van der Waals surface area contributed by atoms with Crippen molar-refractivity contribution in [1.82, 2.24) is 0 Å². The van der Waals surface area contributed by atoms with E-state index in [0.29, 0.717) is 36.4 Å². The van der Waals surface area contributed by atoms with Crippen LogP contribution in [-0.2, 0) is 4.89 Å². The molecule has 0 aliphatic heterocycles. The summed E-state index contributed by atoms with van der Waals surface area (Å²) >= 11 is 0. The fraction of sp³-hybridized carbons (Fsp3) is 0.517. The van der Waals surface area contributed by atoms with E-state index in [4.69, 9.17) is 14.5 Å². The standard InChI is InChI=1S/C29H37F3O3/c1-4-5-16-34-26-18-25(19-27(20-26)35-33-3)28-14-13-24(17-21(28)2)23-11-9-22(10-12-23)8-6-7-15-29(30,31)32/h4,13-14,17-20,22-23H,1,5-12,15-16H2,2-3H3. The molecule has 0 heterocycles. The van der Waals surface area contributed by atoms with Crippen LogP contribution in [-0.4, -0.2) is 19.9 Å². The summed E-state index contributed by atoms with van der Waals surface area (Å²) in [7, 11) is 1.47. The van der Waals surface area contributed by atoms with Gasteiger partial charge in [-0.2, -0.15) is 18.1 Å². The van der Waals surface area contributed by atoms with Crippen LogP contribution >= 0.6 is 0 Å². The van der Waals surface area contributed by atoms with E-state index in [0.717, 1.165) is 49.7 Å². The zero-order chi connectivity index (χ0) is 25.3. The Morgan fingerprint density at radius 1 is 1.00 bits per heavy atom. The number of rotatable bonds is 12. The van der Waals surface area contributed by atoms with Crippen molar-refractivity contribution in [2.24, 2.45) is 5.92 Å². The minimum absolute atomic E-state index is 0.252. The molecule has 6 heteroatoms. The van der Waals surface area contributed by atoms with Gasteiger partial charge in [-0.05, 0) is 91.7 Å². The molecule has 0 radical (unpaired) electrons. The Balaban J connectivity index is 1.62. The number of alkyl halides is 3. The molecule has 2 aromatic rings. The Bertz CT molecular complexity index is 947. The van der Waals surface area contributed by atoms with Gasteiger partial charge in [0, 0.05) is 12.5 Å². The Morgan fingerprint density at radius 3 is 2.40 bits per heavy atom. The van der Waals surface area contributed by atoms with Crippen LogP contribution in [0, 0.1) is 12.8 Å². The second-order valence-electron chi connectivity index (χ2n) is 9.52. The van der Waals surface area contributed by atoms with Gasteiger partial charge in [-0.15, -0.1) is 6.58 Å². The number of aryl methyl sites for hydroxylation is 1. The summed E-state index contributed by atoms with van der Waals surface area (Å²) in [6.07, 6.45) is 4.13. The maximum atomic E-state index is 12.3. The lowest BCUT2D eigenvalue weighted by atomic mass is 9.76. The van der Waals surface area contributed by atoms with Gasteiger partial charge in [0.1, 0.15) is 5.75 Å². The predicted molar refractivity (Wildman–Crippen MR) is 134 cm³/mol. The zero-order valence-corrected chi connectivity index (χ0v) is 20.8. The molecular weight excluding hydrogens is 453 g/mol. The van der Waals surface area contributed by atoms with E-state index in [-0.39, 0.29) is 6.42 Å². The van der Waals surface area contributed by atoms with Crippen LogP contribution in [0.1, 0.15) is 74.8 Å². The minimum Gasteiger partial charge on any atom is -0.493 e. The fourth-order valence-electron chi connectivity index (χ4n) is 5.02. The molecule has 1 aliphatic rings. The summed E-state index contributed by atoms with van der Waals surface area (Å²) in [6, 6.07) is 12.4. The third kappa shape index (κ3) is 8.60. The van der Waals surface area contributed by atoms with Crippen molar-refractivity contribution in [3.63, 3.8) is 0 Å². The van der Waals surface area contributed by atoms with Gasteiger partial charge in [-0.1, -0.05) is 37.1 Å². The lowest BCUT2D eigenvalue weighted by Crippen LogP contribution is -2.14. The highest BCUT2D eigenvalue weighted by Gasteiger charge is 2.27. The molecular formula is C29H37F3O3. The van der Waals surface area contributed by atoms with E-state index in [9.17, 15) is 13.2 Å². The molecule has 192 valence electrons. The van der Waals surface area contributed by atoms with Gasteiger partial charge in [0.05, 0.1) is 13.7 Å². The van der Waals surface area contributed by atoms with Crippen LogP contribution in [0.25, 0.3) is 11.1 Å². The molecule has 0 bridgehead atoms. The molecule has 0 spiro atoms.